The lowest BCUT2D eigenvalue weighted by Gasteiger charge is -2.39. The number of carbonyl (C=O) groups excluding carboxylic acids is 2. The number of piperazine rings is 1. The Hall–Kier alpha value is -1.88. The van der Waals surface area contributed by atoms with Gasteiger partial charge in [0, 0.05) is 31.6 Å². The average molecular weight is 318 g/mol. The van der Waals surface area contributed by atoms with Crippen LogP contribution in [0.1, 0.15) is 26.3 Å². The third kappa shape index (κ3) is 4.32. The Labute approximate surface area is 137 Å². The van der Waals surface area contributed by atoms with E-state index in [-0.39, 0.29) is 11.8 Å². The first-order valence-electron chi connectivity index (χ1n) is 8.11. The van der Waals surface area contributed by atoms with Crippen molar-refractivity contribution in [1.82, 2.24) is 9.80 Å². The van der Waals surface area contributed by atoms with Gasteiger partial charge in [-0.25, -0.2) is 0 Å². The smallest absolute Gasteiger partial charge is 0.251 e. The van der Waals surface area contributed by atoms with Crippen molar-refractivity contribution in [3.63, 3.8) is 0 Å². The summed E-state index contributed by atoms with van der Waals surface area (Å²) < 4.78 is 0. The van der Waals surface area contributed by atoms with Crippen LogP contribution in [-0.4, -0.2) is 59.0 Å². The summed E-state index contributed by atoms with van der Waals surface area (Å²) in [7, 11) is 0. The molecule has 1 N–H and O–H groups in total. The lowest BCUT2D eigenvalue weighted by atomic mass is 9.84. The first-order chi connectivity index (χ1) is 10.8. The number of benzene rings is 1. The quantitative estimate of drug-likeness (QED) is 0.910. The molecule has 5 nitrogen and oxygen atoms in total. The van der Waals surface area contributed by atoms with E-state index in [1.165, 1.54) is 6.92 Å². The molecule has 1 atom stereocenters. The molecule has 2 amide bonds. The number of hydrogen-bond acceptors (Lipinski definition) is 3. The summed E-state index contributed by atoms with van der Waals surface area (Å²) in [5, 5.41) is 9.37. The molecule has 1 aliphatic rings. The lowest BCUT2D eigenvalue weighted by molar-refractivity contribution is -0.148. The molecule has 0 radical (unpaired) electrons. The maximum absolute atomic E-state index is 12.8. The van der Waals surface area contributed by atoms with Gasteiger partial charge >= 0.3 is 0 Å². The van der Waals surface area contributed by atoms with Gasteiger partial charge in [-0.15, -0.1) is 0 Å². The zero-order valence-corrected chi connectivity index (χ0v) is 14.2. The monoisotopic (exact) mass is 318 g/mol. The fraction of sp³-hybridized carbons (Fsp3) is 0.556. The van der Waals surface area contributed by atoms with E-state index in [4.69, 9.17) is 0 Å². The van der Waals surface area contributed by atoms with Crippen LogP contribution < -0.4 is 0 Å². The number of rotatable bonds is 4. The largest absolute Gasteiger partial charge is 0.384 e. The normalized spacial score (nSPS) is 17.0. The summed E-state index contributed by atoms with van der Waals surface area (Å²) in [6.07, 6.45) is -0.286. The van der Waals surface area contributed by atoms with E-state index in [9.17, 15) is 14.7 Å². The second kappa shape index (κ2) is 7.13. The summed E-state index contributed by atoms with van der Waals surface area (Å²) in [4.78, 5) is 28.0. The maximum atomic E-state index is 12.8. The minimum atomic E-state index is -0.980. The summed E-state index contributed by atoms with van der Waals surface area (Å²) in [5.41, 5.74) is 0.673. The highest BCUT2D eigenvalue weighted by molar-refractivity contribution is 5.83. The molecule has 1 unspecified atom stereocenters. The van der Waals surface area contributed by atoms with Crippen molar-refractivity contribution in [2.45, 2.75) is 33.3 Å². The van der Waals surface area contributed by atoms with Crippen molar-refractivity contribution in [3.8, 4) is 0 Å². The fourth-order valence-corrected chi connectivity index (χ4v) is 3.00. The highest BCUT2D eigenvalue weighted by Crippen LogP contribution is 2.25. The molecule has 0 saturated carbocycles. The van der Waals surface area contributed by atoms with E-state index in [1.807, 2.05) is 49.1 Å². The standard InChI is InChI=1S/C18H26N2O3/c1-14(21)16(22)19-9-11-20(12-10-19)17(23)18(2,3)13-15-7-5-4-6-8-15/h4-8,14,21H,9-13H2,1-3H3. The van der Waals surface area contributed by atoms with Crippen LogP contribution in [0.25, 0.3) is 0 Å². The Morgan fingerprint density at radius 3 is 2.13 bits per heavy atom. The topological polar surface area (TPSA) is 60.9 Å². The first-order valence-corrected chi connectivity index (χ1v) is 8.11. The number of nitrogens with zero attached hydrogens (tertiary/aromatic N) is 2. The molecule has 0 bridgehead atoms. The SMILES string of the molecule is CC(O)C(=O)N1CCN(C(=O)C(C)(C)Cc2ccccc2)CC1. The number of hydrogen-bond donors (Lipinski definition) is 1. The van der Waals surface area contributed by atoms with Crippen LogP contribution in [-0.2, 0) is 16.0 Å². The van der Waals surface area contributed by atoms with Gasteiger partial charge in [-0.3, -0.25) is 9.59 Å². The maximum Gasteiger partial charge on any atom is 0.251 e. The molecule has 1 aliphatic heterocycles. The van der Waals surface area contributed by atoms with Crippen LogP contribution in [0, 0.1) is 5.41 Å². The van der Waals surface area contributed by atoms with Gasteiger partial charge < -0.3 is 14.9 Å². The molecule has 1 fully saturated rings. The molecule has 1 aromatic carbocycles. The molecule has 2 rings (SSSR count). The Bertz CT molecular complexity index is 547. The van der Waals surface area contributed by atoms with E-state index in [0.29, 0.717) is 32.6 Å². The van der Waals surface area contributed by atoms with Crippen LogP contribution in [0.2, 0.25) is 0 Å². The minimum Gasteiger partial charge on any atom is -0.384 e. The lowest BCUT2D eigenvalue weighted by Crippen LogP contribution is -2.55. The van der Waals surface area contributed by atoms with Crippen LogP contribution in [0.3, 0.4) is 0 Å². The molecule has 1 heterocycles. The molecule has 1 aromatic rings. The van der Waals surface area contributed by atoms with Crippen molar-refractivity contribution >= 4 is 11.8 Å². The zero-order chi connectivity index (χ0) is 17.0. The van der Waals surface area contributed by atoms with Crippen molar-refractivity contribution in [3.05, 3.63) is 35.9 Å². The van der Waals surface area contributed by atoms with Crippen molar-refractivity contribution < 1.29 is 14.7 Å². The minimum absolute atomic E-state index is 0.116. The van der Waals surface area contributed by atoms with Gasteiger partial charge in [-0.1, -0.05) is 44.2 Å². The van der Waals surface area contributed by atoms with Crippen molar-refractivity contribution in [2.24, 2.45) is 5.41 Å². The first kappa shape index (κ1) is 17.5. The molecule has 23 heavy (non-hydrogen) atoms. The van der Waals surface area contributed by atoms with Crippen LogP contribution >= 0.6 is 0 Å². The number of aliphatic hydroxyl groups excluding tert-OH is 1. The van der Waals surface area contributed by atoms with E-state index in [0.717, 1.165) is 5.56 Å². The third-order valence-electron chi connectivity index (χ3n) is 4.30. The molecular formula is C18H26N2O3. The van der Waals surface area contributed by atoms with E-state index in [1.54, 1.807) is 4.90 Å². The number of amides is 2. The Balaban J connectivity index is 1.94. The highest BCUT2D eigenvalue weighted by Gasteiger charge is 2.34. The summed E-state index contributed by atoms with van der Waals surface area (Å²) in [6.45, 7) is 7.42. The van der Waals surface area contributed by atoms with E-state index < -0.39 is 11.5 Å². The van der Waals surface area contributed by atoms with Gasteiger partial charge in [0.1, 0.15) is 6.10 Å². The van der Waals surface area contributed by atoms with Crippen molar-refractivity contribution in [2.75, 3.05) is 26.2 Å². The Morgan fingerprint density at radius 2 is 1.61 bits per heavy atom. The molecule has 1 saturated heterocycles. The molecule has 5 heteroatoms. The predicted octanol–water partition coefficient (Wildman–Crippen LogP) is 1.31. The van der Waals surface area contributed by atoms with Gasteiger partial charge in [0.15, 0.2) is 0 Å². The average Bonchev–Trinajstić information content (AvgIpc) is 2.54. The summed E-state index contributed by atoms with van der Waals surface area (Å²) >= 11 is 0. The van der Waals surface area contributed by atoms with E-state index >= 15 is 0 Å². The molecule has 0 aromatic heterocycles. The zero-order valence-electron chi connectivity index (χ0n) is 14.2. The van der Waals surface area contributed by atoms with Gasteiger partial charge in [-0.05, 0) is 18.9 Å². The molecular weight excluding hydrogens is 292 g/mol. The molecule has 126 valence electrons. The summed E-state index contributed by atoms with van der Waals surface area (Å²) in [5.74, 6) is -0.147. The van der Waals surface area contributed by atoms with E-state index in [2.05, 4.69) is 0 Å². The third-order valence-corrected chi connectivity index (χ3v) is 4.30. The van der Waals surface area contributed by atoms with Gasteiger partial charge in [0.2, 0.25) is 5.91 Å². The number of aliphatic hydroxyl groups is 1. The second-order valence-corrected chi connectivity index (χ2v) is 6.84. The van der Waals surface area contributed by atoms with Crippen molar-refractivity contribution in [1.29, 1.82) is 0 Å². The Morgan fingerprint density at radius 1 is 1.09 bits per heavy atom. The highest BCUT2D eigenvalue weighted by atomic mass is 16.3. The molecule has 0 spiro atoms. The van der Waals surface area contributed by atoms with Gasteiger partial charge in [0.05, 0.1) is 0 Å². The van der Waals surface area contributed by atoms with Gasteiger partial charge in [0.25, 0.3) is 5.91 Å². The number of carbonyl (C=O) groups is 2. The Kier molecular flexibility index (Phi) is 5.42. The predicted molar refractivity (Wildman–Crippen MR) is 88.8 cm³/mol. The van der Waals surface area contributed by atoms with Gasteiger partial charge in [-0.2, -0.15) is 0 Å². The van der Waals surface area contributed by atoms with Crippen LogP contribution in [0.4, 0.5) is 0 Å². The van der Waals surface area contributed by atoms with Crippen LogP contribution in [0.5, 0.6) is 0 Å². The molecule has 0 aliphatic carbocycles. The second-order valence-electron chi connectivity index (χ2n) is 6.84. The fourth-order valence-electron chi connectivity index (χ4n) is 3.00. The van der Waals surface area contributed by atoms with Crippen LogP contribution in [0.15, 0.2) is 30.3 Å². The summed E-state index contributed by atoms with van der Waals surface area (Å²) in [6, 6.07) is 10.0.